The number of hydrogen-bond acceptors (Lipinski definition) is 5. The topological polar surface area (TPSA) is 98.1 Å². The van der Waals surface area contributed by atoms with Crippen LogP contribution in [0.4, 0.5) is 4.79 Å². The molecule has 3 aromatic rings. The first-order chi connectivity index (χ1) is 14.7. The summed E-state index contributed by atoms with van der Waals surface area (Å²) in [5, 5.41) is 13.9. The average molecular weight is 403 g/mol. The van der Waals surface area contributed by atoms with Crippen LogP contribution in [0.1, 0.15) is 18.5 Å². The Labute approximate surface area is 173 Å². The van der Waals surface area contributed by atoms with Gasteiger partial charge in [0.15, 0.2) is 0 Å². The molecule has 30 heavy (non-hydrogen) atoms. The molecule has 0 saturated carbocycles. The molecular weight excluding hydrogens is 382 g/mol. The highest BCUT2D eigenvalue weighted by Crippen LogP contribution is 2.28. The van der Waals surface area contributed by atoms with Gasteiger partial charge in [0.25, 0.3) is 0 Å². The Morgan fingerprint density at radius 3 is 2.50 bits per heavy atom. The Morgan fingerprint density at radius 1 is 1.10 bits per heavy atom. The number of amides is 2. The fourth-order valence-corrected chi connectivity index (χ4v) is 3.37. The molecule has 2 aromatic carbocycles. The third-order valence-corrected chi connectivity index (χ3v) is 4.71. The molecule has 1 aliphatic rings. The van der Waals surface area contributed by atoms with Gasteiger partial charge in [0, 0.05) is 5.56 Å². The molecule has 0 saturated heterocycles. The summed E-state index contributed by atoms with van der Waals surface area (Å²) in [6.07, 6.45) is 1.77. The van der Waals surface area contributed by atoms with Crippen molar-refractivity contribution in [1.29, 1.82) is 0 Å². The maximum absolute atomic E-state index is 12.8. The molecule has 2 amide bonds. The maximum Gasteiger partial charge on any atom is 0.338 e. The van der Waals surface area contributed by atoms with E-state index in [9.17, 15) is 9.59 Å². The minimum atomic E-state index is -0.619. The van der Waals surface area contributed by atoms with E-state index in [4.69, 9.17) is 4.74 Å². The summed E-state index contributed by atoms with van der Waals surface area (Å²) in [5.74, 6) is -0.489. The standard InChI is InChI=1S/C22H21N5O3/c1-2-30-21(28)19-18(23-22(29)24-20(19)16-11-7-4-8-12-16)14-27-13-17(25-26-27)15-9-5-3-6-10-15/h3-13,20H,2,14H2,1H3,(H2,23,24,29). The number of nitrogens with one attached hydrogen (secondary N) is 2. The lowest BCUT2D eigenvalue weighted by atomic mass is 9.95. The highest BCUT2D eigenvalue weighted by atomic mass is 16.5. The SMILES string of the molecule is CCOC(=O)C1=C(Cn2cc(-c3ccccc3)nn2)NC(=O)NC1c1ccccc1. The van der Waals surface area contributed by atoms with Crippen LogP contribution in [0, 0.1) is 0 Å². The first-order valence-corrected chi connectivity index (χ1v) is 9.64. The van der Waals surface area contributed by atoms with Crippen LogP contribution in [0.2, 0.25) is 0 Å². The smallest absolute Gasteiger partial charge is 0.338 e. The van der Waals surface area contributed by atoms with E-state index in [0.717, 1.165) is 11.1 Å². The largest absolute Gasteiger partial charge is 0.463 e. The summed E-state index contributed by atoms with van der Waals surface area (Å²) in [6.45, 7) is 2.14. The van der Waals surface area contributed by atoms with Crippen LogP contribution in [-0.4, -0.2) is 33.6 Å². The molecule has 1 aromatic heterocycles. The Bertz CT molecular complexity index is 1080. The second-order valence-corrected chi connectivity index (χ2v) is 6.72. The van der Waals surface area contributed by atoms with E-state index >= 15 is 0 Å². The van der Waals surface area contributed by atoms with Gasteiger partial charge < -0.3 is 15.4 Å². The summed E-state index contributed by atoms with van der Waals surface area (Å²) < 4.78 is 6.87. The van der Waals surface area contributed by atoms with Crippen LogP contribution in [0.3, 0.4) is 0 Å². The summed E-state index contributed by atoms with van der Waals surface area (Å²) in [6, 6.07) is 17.9. The minimum absolute atomic E-state index is 0.171. The Kier molecular flexibility index (Phi) is 5.56. The molecule has 1 unspecified atom stereocenters. The fraction of sp³-hybridized carbons (Fsp3) is 0.182. The molecule has 0 aliphatic carbocycles. The molecule has 2 N–H and O–H groups in total. The van der Waals surface area contributed by atoms with Crippen LogP contribution in [0.5, 0.6) is 0 Å². The number of urea groups is 1. The lowest BCUT2D eigenvalue weighted by Gasteiger charge is -2.29. The second kappa shape index (κ2) is 8.60. The second-order valence-electron chi connectivity index (χ2n) is 6.72. The van der Waals surface area contributed by atoms with Gasteiger partial charge >= 0.3 is 12.0 Å². The van der Waals surface area contributed by atoms with Gasteiger partial charge in [-0.05, 0) is 12.5 Å². The lowest BCUT2D eigenvalue weighted by molar-refractivity contribution is -0.139. The molecule has 0 fully saturated rings. The normalized spacial score (nSPS) is 16.0. The maximum atomic E-state index is 12.8. The number of esters is 1. The highest BCUT2D eigenvalue weighted by Gasteiger charge is 2.33. The molecule has 8 heteroatoms. The summed E-state index contributed by atoms with van der Waals surface area (Å²) in [7, 11) is 0. The predicted molar refractivity (Wildman–Crippen MR) is 110 cm³/mol. The van der Waals surface area contributed by atoms with E-state index in [1.807, 2.05) is 60.7 Å². The molecular formula is C22H21N5O3. The zero-order chi connectivity index (χ0) is 20.9. The van der Waals surface area contributed by atoms with E-state index in [1.165, 1.54) is 0 Å². The van der Waals surface area contributed by atoms with Gasteiger partial charge in [0.1, 0.15) is 5.69 Å². The molecule has 1 aliphatic heterocycles. The van der Waals surface area contributed by atoms with Gasteiger partial charge in [-0.1, -0.05) is 65.9 Å². The molecule has 4 rings (SSSR count). The molecule has 0 bridgehead atoms. The summed E-state index contributed by atoms with van der Waals surface area (Å²) >= 11 is 0. The van der Waals surface area contributed by atoms with Crippen molar-refractivity contribution < 1.29 is 14.3 Å². The zero-order valence-electron chi connectivity index (χ0n) is 16.4. The van der Waals surface area contributed by atoms with Gasteiger partial charge in [0.2, 0.25) is 0 Å². The first kappa shape index (κ1) is 19.4. The number of allylic oxidation sites excluding steroid dienone is 1. The predicted octanol–water partition coefficient (Wildman–Crippen LogP) is 2.82. The number of nitrogens with zero attached hydrogens (tertiary/aromatic N) is 3. The molecule has 152 valence electrons. The van der Waals surface area contributed by atoms with E-state index in [1.54, 1.807) is 17.8 Å². The number of hydrogen-bond donors (Lipinski definition) is 2. The third-order valence-electron chi connectivity index (χ3n) is 4.71. The van der Waals surface area contributed by atoms with Crippen LogP contribution in [0.25, 0.3) is 11.3 Å². The molecule has 0 spiro atoms. The van der Waals surface area contributed by atoms with Crippen LogP contribution >= 0.6 is 0 Å². The first-order valence-electron chi connectivity index (χ1n) is 9.64. The highest BCUT2D eigenvalue weighted by molar-refractivity contribution is 5.95. The van der Waals surface area contributed by atoms with E-state index in [2.05, 4.69) is 20.9 Å². The number of aromatic nitrogens is 3. The van der Waals surface area contributed by atoms with Crippen molar-refractivity contribution in [2.45, 2.75) is 19.5 Å². The third kappa shape index (κ3) is 4.07. The van der Waals surface area contributed by atoms with E-state index < -0.39 is 18.0 Å². The number of carbonyl (C=O) groups excluding carboxylic acids is 2. The van der Waals surface area contributed by atoms with Crippen molar-refractivity contribution in [2.24, 2.45) is 0 Å². The van der Waals surface area contributed by atoms with Crippen molar-refractivity contribution in [3.8, 4) is 11.3 Å². The fourth-order valence-electron chi connectivity index (χ4n) is 3.37. The summed E-state index contributed by atoms with van der Waals surface area (Å²) in [4.78, 5) is 25.1. The molecule has 1 atom stereocenters. The van der Waals surface area contributed by atoms with Gasteiger partial charge in [-0.25, -0.2) is 14.3 Å². The summed E-state index contributed by atoms with van der Waals surface area (Å²) in [5.41, 5.74) is 3.19. The Balaban J connectivity index is 1.71. The van der Waals surface area contributed by atoms with Crippen LogP contribution < -0.4 is 10.6 Å². The number of carbonyl (C=O) groups is 2. The molecule has 2 heterocycles. The van der Waals surface area contributed by atoms with Gasteiger partial charge in [-0.2, -0.15) is 0 Å². The number of benzene rings is 2. The van der Waals surface area contributed by atoms with Crippen molar-refractivity contribution in [1.82, 2.24) is 25.6 Å². The zero-order valence-corrected chi connectivity index (χ0v) is 16.4. The van der Waals surface area contributed by atoms with Crippen molar-refractivity contribution in [3.63, 3.8) is 0 Å². The monoisotopic (exact) mass is 403 g/mol. The van der Waals surface area contributed by atoms with Crippen molar-refractivity contribution in [3.05, 3.63) is 83.7 Å². The van der Waals surface area contributed by atoms with Gasteiger partial charge in [-0.3, -0.25) is 0 Å². The number of rotatable bonds is 6. The van der Waals surface area contributed by atoms with Crippen LogP contribution in [0.15, 0.2) is 78.1 Å². The molecule has 0 radical (unpaired) electrons. The van der Waals surface area contributed by atoms with E-state index in [-0.39, 0.29) is 13.2 Å². The Morgan fingerprint density at radius 2 is 1.80 bits per heavy atom. The van der Waals surface area contributed by atoms with Crippen LogP contribution in [-0.2, 0) is 16.1 Å². The van der Waals surface area contributed by atoms with Gasteiger partial charge in [-0.15, -0.1) is 5.10 Å². The number of ether oxygens (including phenoxy) is 1. The quantitative estimate of drug-likeness (QED) is 0.617. The average Bonchev–Trinajstić information content (AvgIpc) is 3.23. The lowest BCUT2D eigenvalue weighted by Crippen LogP contribution is -2.46. The Hall–Kier alpha value is -3.94. The van der Waals surface area contributed by atoms with Gasteiger partial charge in [0.05, 0.1) is 36.7 Å². The molecule has 8 nitrogen and oxygen atoms in total. The van der Waals surface area contributed by atoms with Crippen molar-refractivity contribution >= 4 is 12.0 Å². The van der Waals surface area contributed by atoms with E-state index in [0.29, 0.717) is 17.0 Å². The minimum Gasteiger partial charge on any atom is -0.463 e. The van der Waals surface area contributed by atoms with Crippen molar-refractivity contribution in [2.75, 3.05) is 6.61 Å².